The van der Waals surface area contributed by atoms with Crippen molar-refractivity contribution in [2.75, 3.05) is 7.11 Å². The predicted octanol–water partition coefficient (Wildman–Crippen LogP) is 3.72. The molecule has 0 aliphatic carbocycles. The van der Waals surface area contributed by atoms with E-state index in [-0.39, 0.29) is 11.0 Å². The second-order valence-electron chi connectivity index (χ2n) is 6.16. The largest absolute Gasteiger partial charge is 0.497 e. The fraction of sp³-hybridized carbons (Fsp3) is 0.368. The van der Waals surface area contributed by atoms with Crippen molar-refractivity contribution < 1.29 is 14.9 Å². The summed E-state index contributed by atoms with van der Waals surface area (Å²) in [4.78, 5) is 11.0. The molecule has 134 valence electrons. The van der Waals surface area contributed by atoms with Crippen molar-refractivity contribution in [2.24, 2.45) is 0 Å². The quantitative estimate of drug-likeness (QED) is 0.583. The molecule has 6 nitrogen and oxygen atoms in total. The molecule has 2 aromatic carbocycles. The Labute approximate surface area is 147 Å². The maximum absolute atomic E-state index is 11.3. The van der Waals surface area contributed by atoms with Gasteiger partial charge in [-0.25, -0.2) is 0 Å². The molecule has 0 aliphatic rings. The normalized spacial score (nSPS) is 14.8. The lowest BCUT2D eigenvalue weighted by Crippen LogP contribution is -2.42. The van der Waals surface area contributed by atoms with Gasteiger partial charge in [-0.2, -0.15) is 5.06 Å². The highest BCUT2D eigenvalue weighted by Crippen LogP contribution is 2.27. The molecule has 0 saturated heterocycles. The molecule has 1 N–H and O–H groups in total. The molecule has 2 aromatic rings. The van der Waals surface area contributed by atoms with Crippen molar-refractivity contribution in [3.8, 4) is 5.75 Å². The van der Waals surface area contributed by atoms with Crippen LogP contribution in [0.2, 0.25) is 0 Å². The molecule has 0 saturated carbocycles. The summed E-state index contributed by atoms with van der Waals surface area (Å²) in [7, 11) is 1.61. The highest BCUT2D eigenvalue weighted by Gasteiger charge is 2.35. The molecule has 0 amide bonds. The van der Waals surface area contributed by atoms with E-state index in [4.69, 9.17) is 4.74 Å². The van der Waals surface area contributed by atoms with Crippen molar-refractivity contribution in [3.63, 3.8) is 0 Å². The third-order valence-corrected chi connectivity index (χ3v) is 4.36. The Morgan fingerprint density at radius 3 is 2.24 bits per heavy atom. The molecule has 0 spiro atoms. The Bertz CT molecular complexity index is 676. The second-order valence-corrected chi connectivity index (χ2v) is 6.16. The Kier molecular flexibility index (Phi) is 6.50. The summed E-state index contributed by atoms with van der Waals surface area (Å²) in [5.74, 6) is 0.765. The molecule has 3 atom stereocenters. The summed E-state index contributed by atoms with van der Waals surface area (Å²) in [6.45, 7) is 3.37. The summed E-state index contributed by atoms with van der Waals surface area (Å²) >= 11 is 0. The molecule has 6 heteroatoms. The zero-order chi connectivity index (χ0) is 18.4. The van der Waals surface area contributed by atoms with Crippen LogP contribution >= 0.6 is 0 Å². The van der Waals surface area contributed by atoms with Crippen molar-refractivity contribution in [3.05, 3.63) is 75.8 Å². The third-order valence-electron chi connectivity index (χ3n) is 4.36. The minimum absolute atomic E-state index is 0.291. The first-order chi connectivity index (χ1) is 11.9. The SMILES string of the molecule is COc1ccc(CC(C)N(O)C(c2ccccc2)C(C)[N+](=O)[O-])cc1. The van der Waals surface area contributed by atoms with Gasteiger partial charge >= 0.3 is 0 Å². The first-order valence-electron chi connectivity index (χ1n) is 8.22. The minimum Gasteiger partial charge on any atom is -0.497 e. The molecule has 0 aromatic heterocycles. The zero-order valence-corrected chi connectivity index (χ0v) is 14.7. The van der Waals surface area contributed by atoms with Gasteiger partial charge in [0.05, 0.1) is 7.11 Å². The monoisotopic (exact) mass is 344 g/mol. The van der Waals surface area contributed by atoms with E-state index >= 15 is 0 Å². The molecule has 3 unspecified atom stereocenters. The molecule has 0 radical (unpaired) electrons. The van der Waals surface area contributed by atoms with E-state index in [0.29, 0.717) is 6.42 Å². The molecular formula is C19H24N2O4. The maximum Gasteiger partial charge on any atom is 0.232 e. The predicted molar refractivity (Wildman–Crippen MR) is 95.4 cm³/mol. The van der Waals surface area contributed by atoms with E-state index in [2.05, 4.69) is 0 Å². The number of benzene rings is 2. The zero-order valence-electron chi connectivity index (χ0n) is 14.7. The van der Waals surface area contributed by atoms with Gasteiger partial charge in [-0.1, -0.05) is 42.5 Å². The summed E-state index contributed by atoms with van der Waals surface area (Å²) in [6, 6.07) is 14.7. The number of hydrogen-bond acceptors (Lipinski definition) is 5. The van der Waals surface area contributed by atoms with Gasteiger partial charge < -0.3 is 9.94 Å². The van der Waals surface area contributed by atoms with Crippen LogP contribution in [0.25, 0.3) is 0 Å². The van der Waals surface area contributed by atoms with Crippen LogP contribution in [-0.2, 0) is 6.42 Å². The number of nitro groups is 1. The molecule has 0 aliphatic heterocycles. The first-order valence-corrected chi connectivity index (χ1v) is 8.22. The molecule has 25 heavy (non-hydrogen) atoms. The third kappa shape index (κ3) is 4.78. The van der Waals surface area contributed by atoms with E-state index in [1.54, 1.807) is 19.2 Å². The van der Waals surface area contributed by atoms with Crippen molar-refractivity contribution in [2.45, 2.75) is 38.4 Å². The van der Waals surface area contributed by atoms with Crippen LogP contribution in [0.15, 0.2) is 54.6 Å². The van der Waals surface area contributed by atoms with Gasteiger partial charge in [-0.15, -0.1) is 0 Å². The van der Waals surface area contributed by atoms with Crippen molar-refractivity contribution in [1.82, 2.24) is 5.06 Å². The van der Waals surface area contributed by atoms with Gasteiger partial charge in [-0.05, 0) is 36.6 Å². The highest BCUT2D eigenvalue weighted by molar-refractivity contribution is 5.27. The Morgan fingerprint density at radius 2 is 1.72 bits per heavy atom. The number of methoxy groups -OCH3 is 1. The number of hydroxylamine groups is 2. The summed E-state index contributed by atoms with van der Waals surface area (Å²) in [5, 5.41) is 23.1. The fourth-order valence-electron chi connectivity index (χ4n) is 2.89. The molecular weight excluding hydrogens is 320 g/mol. The topological polar surface area (TPSA) is 75.8 Å². The highest BCUT2D eigenvalue weighted by atomic mass is 16.6. The van der Waals surface area contributed by atoms with Crippen LogP contribution in [0.5, 0.6) is 5.75 Å². The molecule has 0 heterocycles. The Balaban J connectivity index is 2.19. The maximum atomic E-state index is 11.3. The van der Waals surface area contributed by atoms with Crippen LogP contribution in [-0.4, -0.2) is 34.4 Å². The van der Waals surface area contributed by atoms with Crippen LogP contribution < -0.4 is 4.74 Å². The summed E-state index contributed by atoms with van der Waals surface area (Å²) < 4.78 is 5.14. The van der Waals surface area contributed by atoms with Crippen LogP contribution in [0.4, 0.5) is 0 Å². The van der Waals surface area contributed by atoms with Gasteiger partial charge in [0.2, 0.25) is 6.04 Å². The lowest BCUT2D eigenvalue weighted by atomic mass is 9.97. The fourth-order valence-corrected chi connectivity index (χ4v) is 2.89. The number of rotatable bonds is 8. The Morgan fingerprint density at radius 1 is 1.12 bits per heavy atom. The van der Waals surface area contributed by atoms with Crippen LogP contribution in [0.1, 0.15) is 31.0 Å². The van der Waals surface area contributed by atoms with Gasteiger partial charge in [0.1, 0.15) is 11.8 Å². The van der Waals surface area contributed by atoms with Crippen LogP contribution in [0, 0.1) is 10.1 Å². The average molecular weight is 344 g/mol. The number of ether oxygens (including phenoxy) is 1. The second kappa shape index (κ2) is 8.60. The van der Waals surface area contributed by atoms with Crippen molar-refractivity contribution in [1.29, 1.82) is 0 Å². The molecule has 2 rings (SSSR count). The molecule has 0 bridgehead atoms. The molecule has 0 fully saturated rings. The van der Waals surface area contributed by atoms with Crippen LogP contribution in [0.3, 0.4) is 0 Å². The lowest BCUT2D eigenvalue weighted by molar-refractivity contribution is -0.533. The number of hydrogen-bond donors (Lipinski definition) is 1. The van der Waals surface area contributed by atoms with Crippen molar-refractivity contribution >= 4 is 0 Å². The lowest BCUT2D eigenvalue weighted by Gasteiger charge is -2.31. The average Bonchev–Trinajstić information content (AvgIpc) is 2.63. The minimum atomic E-state index is -0.939. The standard InChI is InChI=1S/C19H24N2O4/c1-14(13-16-9-11-18(25-3)12-10-16)20(22)19(15(2)21(23)24)17-7-5-4-6-8-17/h4-12,14-15,19,22H,13H2,1-3H3. The van der Waals surface area contributed by atoms with Gasteiger partial charge in [-0.3, -0.25) is 10.1 Å². The van der Waals surface area contributed by atoms with E-state index in [1.807, 2.05) is 49.4 Å². The summed E-state index contributed by atoms with van der Waals surface area (Å²) in [5.41, 5.74) is 1.74. The van der Waals surface area contributed by atoms with E-state index in [0.717, 1.165) is 21.9 Å². The Hall–Kier alpha value is -2.44. The summed E-state index contributed by atoms with van der Waals surface area (Å²) in [6.07, 6.45) is 0.564. The van der Waals surface area contributed by atoms with Gasteiger partial charge in [0.15, 0.2) is 0 Å². The number of nitrogens with zero attached hydrogens (tertiary/aromatic N) is 2. The van der Waals surface area contributed by atoms with Gasteiger partial charge in [0.25, 0.3) is 0 Å². The van der Waals surface area contributed by atoms with Gasteiger partial charge in [0, 0.05) is 17.9 Å². The van der Waals surface area contributed by atoms with E-state index in [1.165, 1.54) is 6.92 Å². The van der Waals surface area contributed by atoms with E-state index in [9.17, 15) is 15.3 Å². The smallest absolute Gasteiger partial charge is 0.232 e. The first kappa shape index (κ1) is 18.9. The van der Waals surface area contributed by atoms with E-state index < -0.39 is 12.1 Å².